The number of nitrogens with zero attached hydrogens (tertiary/aromatic N) is 1. The smallest absolute Gasteiger partial charge is 0.141 e. The first-order chi connectivity index (χ1) is 8.88. The van der Waals surface area contributed by atoms with Crippen molar-refractivity contribution in [3.63, 3.8) is 0 Å². The predicted molar refractivity (Wildman–Crippen MR) is 73.1 cm³/mol. The molecule has 2 N–H and O–H groups in total. The molecule has 1 aliphatic rings. The summed E-state index contributed by atoms with van der Waals surface area (Å²) in [6.07, 6.45) is 6.75. The van der Waals surface area contributed by atoms with E-state index in [9.17, 15) is 4.39 Å². The van der Waals surface area contributed by atoms with Crippen LogP contribution in [0.2, 0.25) is 0 Å². The summed E-state index contributed by atoms with van der Waals surface area (Å²) in [5.74, 6) is -0.352. The van der Waals surface area contributed by atoms with Crippen molar-refractivity contribution in [1.29, 1.82) is 0 Å². The lowest BCUT2D eigenvalue weighted by molar-refractivity contribution is -0.0795. The van der Waals surface area contributed by atoms with Gasteiger partial charge in [0.25, 0.3) is 0 Å². The van der Waals surface area contributed by atoms with E-state index in [0.717, 1.165) is 25.7 Å². The summed E-state index contributed by atoms with van der Waals surface area (Å²) in [5.41, 5.74) is 6.99. The number of hydrogen-bond acceptors (Lipinski definition) is 3. The molecule has 0 radical (unpaired) electrons. The topological polar surface area (TPSA) is 48.1 Å². The second-order valence-electron chi connectivity index (χ2n) is 6.35. The Labute approximate surface area is 114 Å². The average molecular weight is 266 g/mol. The van der Waals surface area contributed by atoms with E-state index >= 15 is 0 Å². The summed E-state index contributed by atoms with van der Waals surface area (Å²) in [4.78, 5) is 3.88. The number of halogens is 1. The van der Waals surface area contributed by atoms with Crippen molar-refractivity contribution in [1.82, 2.24) is 4.98 Å². The molecule has 0 bridgehead atoms. The van der Waals surface area contributed by atoms with Crippen LogP contribution in [-0.4, -0.2) is 17.7 Å². The van der Waals surface area contributed by atoms with Crippen molar-refractivity contribution >= 4 is 0 Å². The van der Waals surface area contributed by atoms with Gasteiger partial charge in [-0.25, -0.2) is 4.39 Å². The highest BCUT2D eigenvalue weighted by Gasteiger charge is 2.43. The molecule has 0 amide bonds. The molecule has 4 heteroatoms. The summed E-state index contributed by atoms with van der Waals surface area (Å²) < 4.78 is 19.0. The van der Waals surface area contributed by atoms with Crippen molar-refractivity contribution < 1.29 is 9.13 Å². The van der Waals surface area contributed by atoms with Crippen molar-refractivity contribution in [3.05, 3.63) is 29.8 Å². The van der Waals surface area contributed by atoms with Gasteiger partial charge in [0.2, 0.25) is 0 Å². The maximum atomic E-state index is 13.3. The predicted octanol–water partition coefficient (Wildman–Crippen LogP) is 3.21. The van der Waals surface area contributed by atoms with Crippen LogP contribution in [0.25, 0.3) is 0 Å². The van der Waals surface area contributed by atoms with E-state index in [2.05, 4.69) is 18.8 Å². The van der Waals surface area contributed by atoms with Gasteiger partial charge >= 0.3 is 0 Å². The Hall–Kier alpha value is -1.00. The third-order valence-electron chi connectivity index (χ3n) is 4.51. The zero-order valence-electron chi connectivity index (χ0n) is 11.9. The first kappa shape index (κ1) is 14.4. The Bertz CT molecular complexity index is 438. The summed E-state index contributed by atoms with van der Waals surface area (Å²) >= 11 is 0. The van der Waals surface area contributed by atoms with Gasteiger partial charge in [0, 0.05) is 13.3 Å². The van der Waals surface area contributed by atoms with Gasteiger partial charge in [-0.1, -0.05) is 13.8 Å². The van der Waals surface area contributed by atoms with Crippen LogP contribution in [0.15, 0.2) is 18.5 Å². The van der Waals surface area contributed by atoms with Crippen molar-refractivity contribution in [2.75, 3.05) is 7.11 Å². The number of pyridine rings is 1. The quantitative estimate of drug-likeness (QED) is 0.914. The highest BCUT2D eigenvalue weighted by molar-refractivity contribution is 5.19. The zero-order chi connectivity index (χ0) is 14.1. The van der Waals surface area contributed by atoms with Crippen LogP contribution in [0.5, 0.6) is 0 Å². The molecule has 1 saturated carbocycles. The largest absolute Gasteiger partial charge is 0.376 e. The Balaban J connectivity index is 2.22. The Kier molecular flexibility index (Phi) is 3.92. The fourth-order valence-corrected chi connectivity index (χ4v) is 2.89. The summed E-state index contributed by atoms with van der Waals surface area (Å²) in [6.45, 7) is 4.53. The molecule has 19 heavy (non-hydrogen) atoms. The summed E-state index contributed by atoms with van der Waals surface area (Å²) in [6, 6.07) is 1.12. The van der Waals surface area contributed by atoms with Gasteiger partial charge < -0.3 is 10.5 Å². The standard InChI is InChI=1S/C15H23FN2O/c1-14(2)4-6-15(19-3,7-5-14)13(17)11-8-12(16)10-18-9-11/h8-10,13H,4-7,17H2,1-3H3. The first-order valence-electron chi connectivity index (χ1n) is 6.80. The van der Waals surface area contributed by atoms with Gasteiger partial charge in [-0.2, -0.15) is 0 Å². The minimum Gasteiger partial charge on any atom is -0.376 e. The fraction of sp³-hybridized carbons (Fsp3) is 0.667. The molecule has 0 aromatic carbocycles. The van der Waals surface area contributed by atoms with Gasteiger partial charge in [-0.15, -0.1) is 0 Å². The minimum absolute atomic E-state index is 0.335. The third-order valence-corrected chi connectivity index (χ3v) is 4.51. The lowest BCUT2D eigenvalue weighted by atomic mass is 9.67. The molecule has 1 heterocycles. The molecule has 0 spiro atoms. The molecule has 1 atom stereocenters. The van der Waals surface area contributed by atoms with Crippen LogP contribution < -0.4 is 5.73 Å². The number of methoxy groups -OCH3 is 1. The lowest BCUT2D eigenvalue weighted by Crippen LogP contribution is -2.47. The highest BCUT2D eigenvalue weighted by Crippen LogP contribution is 2.46. The minimum atomic E-state index is -0.398. The van der Waals surface area contributed by atoms with Crippen molar-refractivity contribution in [2.24, 2.45) is 11.1 Å². The van der Waals surface area contributed by atoms with Crippen LogP contribution in [0.3, 0.4) is 0 Å². The van der Waals surface area contributed by atoms with Gasteiger partial charge in [0.15, 0.2) is 0 Å². The molecule has 1 aliphatic carbocycles. The molecular weight excluding hydrogens is 243 g/mol. The van der Waals surface area contributed by atoms with E-state index in [1.165, 1.54) is 12.3 Å². The molecule has 106 valence electrons. The van der Waals surface area contributed by atoms with Crippen molar-refractivity contribution in [2.45, 2.75) is 51.2 Å². The van der Waals surface area contributed by atoms with Gasteiger partial charge in [0.05, 0.1) is 17.8 Å². The second-order valence-corrected chi connectivity index (χ2v) is 6.35. The van der Waals surface area contributed by atoms with Gasteiger partial charge in [-0.3, -0.25) is 4.98 Å². The summed E-state index contributed by atoms with van der Waals surface area (Å²) in [7, 11) is 1.70. The Morgan fingerprint density at radius 2 is 1.89 bits per heavy atom. The molecular formula is C15H23FN2O. The van der Waals surface area contributed by atoms with Crippen LogP contribution in [0, 0.1) is 11.2 Å². The van der Waals surface area contributed by atoms with E-state index in [4.69, 9.17) is 10.5 Å². The van der Waals surface area contributed by atoms with E-state index in [0.29, 0.717) is 11.0 Å². The Morgan fingerprint density at radius 3 is 2.42 bits per heavy atom. The monoisotopic (exact) mass is 266 g/mol. The maximum absolute atomic E-state index is 13.3. The van der Waals surface area contributed by atoms with E-state index in [1.807, 2.05) is 0 Å². The molecule has 1 unspecified atom stereocenters. The van der Waals surface area contributed by atoms with Crippen molar-refractivity contribution in [3.8, 4) is 0 Å². The summed E-state index contributed by atoms with van der Waals surface area (Å²) in [5, 5.41) is 0. The number of nitrogens with two attached hydrogens (primary N) is 1. The number of rotatable bonds is 3. The number of hydrogen-bond donors (Lipinski definition) is 1. The number of aromatic nitrogens is 1. The molecule has 1 fully saturated rings. The van der Waals surface area contributed by atoms with Gasteiger partial charge in [0.1, 0.15) is 5.82 Å². The van der Waals surface area contributed by atoms with Crippen LogP contribution in [0.4, 0.5) is 4.39 Å². The molecule has 1 aromatic heterocycles. The molecule has 0 saturated heterocycles. The second kappa shape index (κ2) is 5.17. The van der Waals surface area contributed by atoms with Crippen LogP contribution in [-0.2, 0) is 4.74 Å². The first-order valence-corrected chi connectivity index (χ1v) is 6.80. The average Bonchev–Trinajstić information content (AvgIpc) is 2.39. The van der Waals surface area contributed by atoms with Crippen LogP contribution in [0.1, 0.15) is 51.1 Å². The molecule has 3 nitrogen and oxygen atoms in total. The normalized spacial score (nSPS) is 23.0. The molecule has 0 aliphatic heterocycles. The molecule has 2 rings (SSSR count). The lowest BCUT2D eigenvalue weighted by Gasteiger charge is -2.45. The van der Waals surface area contributed by atoms with E-state index in [-0.39, 0.29) is 11.9 Å². The maximum Gasteiger partial charge on any atom is 0.141 e. The number of ether oxygens (including phenoxy) is 1. The molecule has 1 aromatic rings. The van der Waals surface area contributed by atoms with Crippen LogP contribution >= 0.6 is 0 Å². The SMILES string of the molecule is COC1(C(N)c2cncc(F)c2)CCC(C)(C)CC1. The van der Waals surface area contributed by atoms with E-state index < -0.39 is 5.60 Å². The van der Waals surface area contributed by atoms with E-state index in [1.54, 1.807) is 13.3 Å². The fourth-order valence-electron chi connectivity index (χ4n) is 2.89. The Morgan fingerprint density at radius 1 is 1.26 bits per heavy atom. The van der Waals surface area contributed by atoms with Gasteiger partial charge in [-0.05, 0) is 42.7 Å². The zero-order valence-corrected chi connectivity index (χ0v) is 11.9. The highest BCUT2D eigenvalue weighted by atomic mass is 19.1. The third kappa shape index (κ3) is 2.95.